The molecule has 110 valence electrons. The van der Waals surface area contributed by atoms with Crippen LogP contribution >= 0.6 is 0 Å². The second-order valence-electron chi connectivity index (χ2n) is 5.85. The van der Waals surface area contributed by atoms with Crippen LogP contribution in [0.1, 0.15) is 38.3 Å². The molecule has 0 bridgehead atoms. The van der Waals surface area contributed by atoms with Crippen LogP contribution in [-0.4, -0.2) is 25.4 Å². The molecule has 0 aliphatic heterocycles. The van der Waals surface area contributed by atoms with Gasteiger partial charge < -0.3 is 14.6 Å². The first-order valence-corrected chi connectivity index (χ1v) is 6.80. The quantitative estimate of drug-likeness (QED) is 0.664. The Labute approximate surface area is 121 Å². The Balaban J connectivity index is 2.66. The molecule has 0 atom stereocenters. The third-order valence-corrected chi connectivity index (χ3v) is 2.85. The summed E-state index contributed by atoms with van der Waals surface area (Å²) in [5.41, 5.74) is 2.11. The normalized spacial score (nSPS) is 10.8. The minimum atomic E-state index is -0.135. The van der Waals surface area contributed by atoms with Crippen molar-refractivity contribution in [2.24, 2.45) is 5.41 Å². The third-order valence-electron chi connectivity index (χ3n) is 2.85. The Kier molecular flexibility index (Phi) is 6.57. The van der Waals surface area contributed by atoms with E-state index in [1.54, 1.807) is 7.11 Å². The second kappa shape index (κ2) is 7.94. The number of benzene rings is 1. The summed E-state index contributed by atoms with van der Waals surface area (Å²) in [6.07, 6.45) is 1.01. The number of aliphatic hydroxyl groups is 1. The molecule has 1 aromatic rings. The summed E-state index contributed by atoms with van der Waals surface area (Å²) in [7, 11) is 1.65. The fourth-order valence-corrected chi connectivity index (χ4v) is 1.67. The van der Waals surface area contributed by atoms with E-state index in [-0.39, 0.29) is 12.0 Å². The van der Waals surface area contributed by atoms with Crippen LogP contribution in [0.25, 0.3) is 0 Å². The van der Waals surface area contributed by atoms with Gasteiger partial charge in [0.25, 0.3) is 0 Å². The molecule has 3 nitrogen and oxygen atoms in total. The van der Waals surface area contributed by atoms with Crippen LogP contribution < -0.4 is 4.74 Å². The molecule has 0 unspecified atom stereocenters. The Morgan fingerprint density at radius 2 is 2.00 bits per heavy atom. The standard InChI is InChI=1S/C17H24O3/c1-17(2,3)9-11-20-13-15-12-14(6-5-10-18)7-8-16(15)19-4/h7-8,12,18H,9-11,13H2,1-4H3. The highest BCUT2D eigenvalue weighted by Crippen LogP contribution is 2.22. The number of ether oxygens (including phenoxy) is 2. The van der Waals surface area contributed by atoms with Crippen molar-refractivity contribution in [3.8, 4) is 17.6 Å². The molecule has 0 fully saturated rings. The highest BCUT2D eigenvalue weighted by Gasteiger charge is 2.10. The molecular formula is C17H24O3. The zero-order valence-corrected chi connectivity index (χ0v) is 12.8. The zero-order chi connectivity index (χ0) is 15.0. The number of rotatable bonds is 5. The van der Waals surface area contributed by atoms with Crippen molar-refractivity contribution in [1.82, 2.24) is 0 Å². The van der Waals surface area contributed by atoms with Gasteiger partial charge in [0.15, 0.2) is 0 Å². The lowest BCUT2D eigenvalue weighted by atomic mass is 9.93. The summed E-state index contributed by atoms with van der Waals surface area (Å²) < 4.78 is 11.0. The van der Waals surface area contributed by atoms with E-state index in [0.717, 1.165) is 29.9 Å². The molecule has 0 saturated carbocycles. The van der Waals surface area contributed by atoms with Crippen LogP contribution in [0.2, 0.25) is 0 Å². The summed E-state index contributed by atoms with van der Waals surface area (Å²) in [5, 5.41) is 8.72. The maximum absolute atomic E-state index is 8.72. The van der Waals surface area contributed by atoms with Crippen molar-refractivity contribution in [2.45, 2.75) is 33.8 Å². The highest BCUT2D eigenvalue weighted by molar-refractivity contribution is 5.44. The number of aliphatic hydroxyl groups excluding tert-OH is 1. The lowest BCUT2D eigenvalue weighted by Crippen LogP contribution is -2.09. The van der Waals surface area contributed by atoms with Gasteiger partial charge in [0.2, 0.25) is 0 Å². The lowest BCUT2D eigenvalue weighted by molar-refractivity contribution is 0.0948. The molecule has 20 heavy (non-hydrogen) atoms. The van der Waals surface area contributed by atoms with Crippen LogP contribution in [0.15, 0.2) is 18.2 Å². The Bertz CT molecular complexity index is 475. The summed E-state index contributed by atoms with van der Waals surface area (Å²) in [4.78, 5) is 0. The van der Waals surface area contributed by atoms with Crippen LogP contribution in [0, 0.1) is 17.3 Å². The number of methoxy groups -OCH3 is 1. The SMILES string of the molecule is COc1ccc(C#CCO)cc1COCCC(C)(C)C. The van der Waals surface area contributed by atoms with Gasteiger partial charge in [-0.25, -0.2) is 0 Å². The van der Waals surface area contributed by atoms with Crippen molar-refractivity contribution < 1.29 is 14.6 Å². The fourth-order valence-electron chi connectivity index (χ4n) is 1.67. The third kappa shape index (κ3) is 6.10. The smallest absolute Gasteiger partial charge is 0.124 e. The van der Waals surface area contributed by atoms with Gasteiger partial charge >= 0.3 is 0 Å². The van der Waals surface area contributed by atoms with Gasteiger partial charge in [0, 0.05) is 17.7 Å². The summed E-state index contributed by atoms with van der Waals surface area (Å²) in [6, 6.07) is 5.70. The monoisotopic (exact) mass is 276 g/mol. The maximum atomic E-state index is 8.72. The first kappa shape index (κ1) is 16.6. The van der Waals surface area contributed by atoms with E-state index >= 15 is 0 Å². The van der Waals surface area contributed by atoms with E-state index in [1.807, 2.05) is 18.2 Å². The van der Waals surface area contributed by atoms with E-state index in [1.165, 1.54) is 0 Å². The van der Waals surface area contributed by atoms with Gasteiger partial charge in [-0.3, -0.25) is 0 Å². The molecule has 1 rings (SSSR count). The molecule has 0 aromatic heterocycles. The van der Waals surface area contributed by atoms with Crippen molar-refractivity contribution >= 4 is 0 Å². The van der Waals surface area contributed by atoms with Crippen molar-refractivity contribution in [3.05, 3.63) is 29.3 Å². The molecular weight excluding hydrogens is 252 g/mol. The topological polar surface area (TPSA) is 38.7 Å². The predicted molar refractivity (Wildman–Crippen MR) is 80.7 cm³/mol. The van der Waals surface area contributed by atoms with Gasteiger partial charge in [0.1, 0.15) is 12.4 Å². The minimum absolute atomic E-state index is 0.135. The highest BCUT2D eigenvalue weighted by atomic mass is 16.5. The van der Waals surface area contributed by atoms with Gasteiger partial charge in [0.05, 0.1) is 13.7 Å². The molecule has 1 N–H and O–H groups in total. The first-order chi connectivity index (χ1) is 9.46. The Morgan fingerprint density at radius 3 is 2.60 bits per heavy atom. The second-order valence-corrected chi connectivity index (χ2v) is 5.85. The molecule has 0 heterocycles. The average Bonchev–Trinajstić information content (AvgIpc) is 2.40. The summed E-state index contributed by atoms with van der Waals surface area (Å²) in [5.74, 6) is 6.33. The predicted octanol–water partition coefficient (Wildman–Crippen LogP) is 2.99. The van der Waals surface area contributed by atoms with Crippen molar-refractivity contribution in [2.75, 3.05) is 20.3 Å². The Hall–Kier alpha value is -1.50. The Morgan fingerprint density at radius 1 is 1.25 bits per heavy atom. The maximum Gasteiger partial charge on any atom is 0.124 e. The molecule has 3 heteroatoms. The largest absolute Gasteiger partial charge is 0.496 e. The molecule has 1 aromatic carbocycles. The van der Waals surface area contributed by atoms with E-state index in [0.29, 0.717) is 6.61 Å². The number of hydrogen-bond acceptors (Lipinski definition) is 3. The molecule has 0 amide bonds. The summed E-state index contributed by atoms with van der Waals surface area (Å²) in [6.45, 7) is 7.68. The first-order valence-electron chi connectivity index (χ1n) is 6.80. The fraction of sp³-hybridized carbons (Fsp3) is 0.529. The van der Waals surface area contributed by atoms with Crippen molar-refractivity contribution in [1.29, 1.82) is 0 Å². The van der Waals surface area contributed by atoms with Gasteiger partial charge in [-0.2, -0.15) is 0 Å². The van der Waals surface area contributed by atoms with Crippen LogP contribution in [0.3, 0.4) is 0 Å². The van der Waals surface area contributed by atoms with Gasteiger partial charge in [-0.05, 0) is 30.0 Å². The number of hydrogen-bond donors (Lipinski definition) is 1. The minimum Gasteiger partial charge on any atom is -0.496 e. The average molecular weight is 276 g/mol. The van der Waals surface area contributed by atoms with E-state index in [4.69, 9.17) is 14.6 Å². The van der Waals surface area contributed by atoms with Crippen LogP contribution in [0.5, 0.6) is 5.75 Å². The van der Waals surface area contributed by atoms with Gasteiger partial charge in [-0.1, -0.05) is 32.6 Å². The van der Waals surface area contributed by atoms with Crippen LogP contribution in [-0.2, 0) is 11.3 Å². The molecule has 0 radical (unpaired) electrons. The molecule has 0 spiro atoms. The van der Waals surface area contributed by atoms with Crippen LogP contribution in [0.4, 0.5) is 0 Å². The van der Waals surface area contributed by atoms with E-state index in [9.17, 15) is 0 Å². The summed E-state index contributed by atoms with van der Waals surface area (Å²) >= 11 is 0. The molecule has 0 aliphatic carbocycles. The van der Waals surface area contributed by atoms with Gasteiger partial charge in [-0.15, -0.1) is 0 Å². The molecule has 0 saturated heterocycles. The zero-order valence-electron chi connectivity index (χ0n) is 12.8. The van der Waals surface area contributed by atoms with E-state index in [2.05, 4.69) is 32.6 Å². The van der Waals surface area contributed by atoms with E-state index < -0.39 is 0 Å². The molecule has 0 aliphatic rings. The lowest BCUT2D eigenvalue weighted by Gasteiger charge is -2.18. The van der Waals surface area contributed by atoms with Crippen molar-refractivity contribution in [3.63, 3.8) is 0 Å².